The Morgan fingerprint density at radius 1 is 0.260 bits per heavy atom. The van der Waals surface area contributed by atoms with Crippen molar-refractivity contribution in [3.8, 4) is 0 Å². The van der Waals surface area contributed by atoms with Crippen molar-refractivity contribution in [2.24, 2.45) is 0 Å². The summed E-state index contributed by atoms with van der Waals surface area (Å²) >= 11 is 0. The molecule has 0 amide bonds. The van der Waals surface area contributed by atoms with Crippen LogP contribution in [0.2, 0.25) is 0 Å². The minimum atomic E-state index is -0.784. The molecule has 0 rings (SSSR count). The Hall–Kier alpha value is -2.89. The lowest BCUT2D eigenvalue weighted by Crippen LogP contribution is -2.30. The first-order valence-electron chi connectivity index (χ1n) is 33.8. The van der Waals surface area contributed by atoms with E-state index in [1.165, 1.54) is 218 Å². The van der Waals surface area contributed by atoms with Gasteiger partial charge in [-0.3, -0.25) is 14.4 Å². The normalized spacial score (nSPS) is 12.4. The van der Waals surface area contributed by atoms with Crippen molar-refractivity contribution in [2.45, 2.75) is 361 Å². The average Bonchev–Trinajstić information content (AvgIpc) is 3.43. The third-order valence-corrected chi connectivity index (χ3v) is 15.0. The molecule has 0 aliphatic heterocycles. The number of carbonyl (C=O) groups excluding carboxylic acids is 3. The lowest BCUT2D eigenvalue weighted by molar-refractivity contribution is -0.167. The molecular formula is C71H128O6. The smallest absolute Gasteiger partial charge is 0.306 e. The first-order chi connectivity index (χ1) is 38.0. The molecule has 0 spiro atoms. The molecule has 0 saturated carbocycles. The van der Waals surface area contributed by atoms with E-state index in [1.54, 1.807) is 0 Å². The van der Waals surface area contributed by atoms with Gasteiger partial charge in [0, 0.05) is 19.3 Å². The Labute approximate surface area is 479 Å². The molecular weight excluding hydrogens is 949 g/mol. The van der Waals surface area contributed by atoms with Gasteiger partial charge in [-0.2, -0.15) is 0 Å². The van der Waals surface area contributed by atoms with Crippen LogP contribution in [-0.2, 0) is 28.6 Å². The van der Waals surface area contributed by atoms with Gasteiger partial charge in [0.25, 0.3) is 0 Å². The maximum Gasteiger partial charge on any atom is 0.306 e. The molecule has 6 heteroatoms. The largest absolute Gasteiger partial charge is 0.462 e. The zero-order valence-electron chi connectivity index (χ0n) is 51.5. The van der Waals surface area contributed by atoms with Crippen LogP contribution in [0, 0.1) is 0 Å². The van der Waals surface area contributed by atoms with Gasteiger partial charge in [-0.15, -0.1) is 0 Å². The fraction of sp³-hybridized carbons (Fsp3) is 0.817. The van der Waals surface area contributed by atoms with Crippen LogP contribution in [-0.4, -0.2) is 37.2 Å². The summed E-state index contributed by atoms with van der Waals surface area (Å²) in [6, 6.07) is 0. The van der Waals surface area contributed by atoms with Crippen LogP contribution in [0.25, 0.3) is 0 Å². The van der Waals surface area contributed by atoms with Crippen LogP contribution in [0.5, 0.6) is 0 Å². The number of rotatable bonds is 62. The van der Waals surface area contributed by atoms with Gasteiger partial charge < -0.3 is 14.2 Å². The molecule has 0 heterocycles. The van der Waals surface area contributed by atoms with Crippen LogP contribution in [0.15, 0.2) is 60.8 Å². The van der Waals surface area contributed by atoms with Gasteiger partial charge in [0.15, 0.2) is 6.10 Å². The van der Waals surface area contributed by atoms with Gasteiger partial charge in [0.2, 0.25) is 0 Å². The molecule has 0 fully saturated rings. The first-order valence-corrected chi connectivity index (χ1v) is 33.8. The minimum Gasteiger partial charge on any atom is -0.462 e. The van der Waals surface area contributed by atoms with Gasteiger partial charge in [0.05, 0.1) is 0 Å². The quantitative estimate of drug-likeness (QED) is 0.0261. The number of unbranched alkanes of at least 4 members (excludes halogenated alkanes) is 41. The summed E-state index contributed by atoms with van der Waals surface area (Å²) in [5.74, 6) is -0.883. The van der Waals surface area contributed by atoms with Crippen LogP contribution in [0.3, 0.4) is 0 Å². The average molecular weight is 1080 g/mol. The number of hydrogen-bond donors (Lipinski definition) is 0. The highest BCUT2D eigenvalue weighted by molar-refractivity contribution is 5.71. The highest BCUT2D eigenvalue weighted by Crippen LogP contribution is 2.17. The number of allylic oxidation sites excluding steroid dienone is 10. The third-order valence-electron chi connectivity index (χ3n) is 15.0. The number of carbonyl (C=O) groups is 3. The van der Waals surface area contributed by atoms with Crippen LogP contribution < -0.4 is 0 Å². The van der Waals surface area contributed by atoms with Gasteiger partial charge >= 0.3 is 17.9 Å². The molecule has 448 valence electrons. The molecule has 0 aliphatic carbocycles. The fourth-order valence-corrected chi connectivity index (χ4v) is 9.84. The summed E-state index contributed by atoms with van der Waals surface area (Å²) in [5.41, 5.74) is 0. The van der Waals surface area contributed by atoms with Crippen LogP contribution in [0.1, 0.15) is 355 Å². The number of hydrogen-bond acceptors (Lipinski definition) is 6. The van der Waals surface area contributed by atoms with E-state index in [2.05, 4.69) is 81.5 Å². The lowest BCUT2D eigenvalue weighted by Gasteiger charge is -2.18. The maximum absolute atomic E-state index is 12.9. The van der Waals surface area contributed by atoms with E-state index in [1.807, 2.05) is 0 Å². The van der Waals surface area contributed by atoms with Crippen molar-refractivity contribution >= 4 is 17.9 Å². The molecule has 0 saturated heterocycles. The van der Waals surface area contributed by atoms with E-state index in [0.29, 0.717) is 19.3 Å². The summed E-state index contributed by atoms with van der Waals surface area (Å²) < 4.78 is 16.9. The molecule has 0 N–H and O–H groups in total. The summed E-state index contributed by atoms with van der Waals surface area (Å²) in [4.78, 5) is 38.3. The van der Waals surface area contributed by atoms with Gasteiger partial charge in [-0.1, -0.05) is 293 Å². The second-order valence-electron chi connectivity index (χ2n) is 22.7. The number of esters is 3. The van der Waals surface area contributed by atoms with Gasteiger partial charge in [0.1, 0.15) is 13.2 Å². The summed E-state index contributed by atoms with van der Waals surface area (Å²) in [6.45, 7) is 6.61. The maximum atomic E-state index is 12.9. The van der Waals surface area contributed by atoms with E-state index in [4.69, 9.17) is 14.2 Å². The van der Waals surface area contributed by atoms with Crippen LogP contribution in [0.4, 0.5) is 0 Å². The van der Waals surface area contributed by atoms with Crippen molar-refractivity contribution in [2.75, 3.05) is 13.2 Å². The molecule has 0 aliphatic rings. The summed E-state index contributed by atoms with van der Waals surface area (Å²) in [6.07, 6.45) is 83.9. The predicted octanol–water partition coefficient (Wildman–Crippen LogP) is 23.1. The molecule has 6 nitrogen and oxygen atoms in total. The molecule has 77 heavy (non-hydrogen) atoms. The zero-order chi connectivity index (χ0) is 55.7. The van der Waals surface area contributed by atoms with Crippen molar-refractivity contribution in [1.29, 1.82) is 0 Å². The molecule has 0 radical (unpaired) electrons. The Morgan fingerprint density at radius 2 is 0.481 bits per heavy atom. The highest BCUT2D eigenvalue weighted by Gasteiger charge is 2.19. The Bertz CT molecular complexity index is 1380. The second kappa shape index (κ2) is 65.6. The van der Waals surface area contributed by atoms with E-state index < -0.39 is 6.10 Å². The van der Waals surface area contributed by atoms with Crippen molar-refractivity contribution in [1.82, 2.24) is 0 Å². The predicted molar refractivity (Wildman–Crippen MR) is 335 cm³/mol. The number of ether oxygens (including phenoxy) is 3. The molecule has 0 aromatic heterocycles. The Morgan fingerprint density at radius 3 is 0.766 bits per heavy atom. The summed E-state index contributed by atoms with van der Waals surface area (Å²) in [7, 11) is 0. The standard InChI is InChI=1S/C71H128O6/c1-4-7-10-13-16-19-22-25-28-30-31-32-33-34-35-36-37-38-39-40-41-42-44-46-49-52-55-58-61-64-70(73)76-67-68(66-75-69(72)63-60-57-54-51-48-45-27-24-21-18-15-12-9-6-3)77-71(74)65-62-59-56-53-50-47-43-29-26-23-20-17-14-11-8-5-2/h15,18,22,24-25,27,29-31,43,68H,4-14,16-17,19-21,23,26,28,32-42,44-67H2,1-3H3/b18-15-,25-22-,27-24-,31-30-,43-29-. The molecule has 0 bridgehead atoms. The van der Waals surface area contributed by atoms with Crippen molar-refractivity contribution in [3.05, 3.63) is 60.8 Å². The van der Waals surface area contributed by atoms with Crippen LogP contribution >= 0.6 is 0 Å². The van der Waals surface area contributed by atoms with Crippen molar-refractivity contribution in [3.63, 3.8) is 0 Å². The minimum absolute atomic E-state index is 0.0791. The first kappa shape index (κ1) is 74.1. The molecule has 1 atom stereocenters. The summed E-state index contributed by atoms with van der Waals surface area (Å²) in [5, 5.41) is 0. The van der Waals surface area contributed by atoms with E-state index in [-0.39, 0.29) is 31.1 Å². The zero-order valence-corrected chi connectivity index (χ0v) is 51.5. The van der Waals surface area contributed by atoms with Gasteiger partial charge in [-0.05, 0) is 103 Å². The lowest BCUT2D eigenvalue weighted by atomic mass is 10.0. The SMILES string of the molecule is CCCC/C=C\C/C=C\CCCCCCCC(=O)OCC(COC(=O)CCCCCCCCCCCCCCCCCCC/C=C\C/C=C\CCCCCCC)OC(=O)CCCCCCC/C=C\CCCCCCCCC. The highest BCUT2D eigenvalue weighted by atomic mass is 16.6. The van der Waals surface area contributed by atoms with Crippen molar-refractivity contribution < 1.29 is 28.6 Å². The second-order valence-corrected chi connectivity index (χ2v) is 22.7. The van der Waals surface area contributed by atoms with E-state index in [9.17, 15) is 14.4 Å². The molecule has 0 aromatic rings. The van der Waals surface area contributed by atoms with E-state index in [0.717, 1.165) is 96.3 Å². The fourth-order valence-electron chi connectivity index (χ4n) is 9.84. The molecule has 0 aromatic carbocycles. The van der Waals surface area contributed by atoms with Gasteiger partial charge in [-0.25, -0.2) is 0 Å². The monoisotopic (exact) mass is 1080 g/mol. The topological polar surface area (TPSA) is 78.9 Å². The third kappa shape index (κ3) is 63.8. The van der Waals surface area contributed by atoms with E-state index >= 15 is 0 Å². The molecule has 1 unspecified atom stereocenters. The Balaban J connectivity index is 4.22. The Kier molecular flexibility index (Phi) is 63.2.